The van der Waals surface area contributed by atoms with E-state index < -0.39 is 0 Å². The third-order valence-corrected chi connectivity index (χ3v) is 4.15. The van der Waals surface area contributed by atoms with Crippen LogP contribution in [0.1, 0.15) is 44.4 Å². The molecule has 100 valence electrons. The van der Waals surface area contributed by atoms with Crippen molar-refractivity contribution in [3.05, 3.63) is 12.2 Å². The van der Waals surface area contributed by atoms with E-state index in [-0.39, 0.29) is 5.60 Å². The molecule has 0 bridgehead atoms. The molecule has 1 aromatic heterocycles. The minimum absolute atomic E-state index is 0.249. The van der Waals surface area contributed by atoms with Gasteiger partial charge in [0.25, 0.3) is 0 Å². The minimum atomic E-state index is 0.249. The summed E-state index contributed by atoms with van der Waals surface area (Å²) < 4.78 is 11.2. The van der Waals surface area contributed by atoms with Gasteiger partial charge in [-0.25, -0.2) is 0 Å². The summed E-state index contributed by atoms with van der Waals surface area (Å²) in [4.78, 5) is 3.99. The van der Waals surface area contributed by atoms with E-state index in [2.05, 4.69) is 15.5 Å². The molecule has 3 rings (SSSR count). The molecule has 2 fully saturated rings. The molecule has 1 aliphatic heterocycles. The molecule has 5 heteroatoms. The van der Waals surface area contributed by atoms with Gasteiger partial charge in [0.15, 0.2) is 6.33 Å². The van der Waals surface area contributed by atoms with E-state index in [4.69, 9.17) is 9.26 Å². The Morgan fingerprint density at radius 2 is 2.22 bits per heavy atom. The Hall–Kier alpha value is -0.940. The van der Waals surface area contributed by atoms with Crippen molar-refractivity contribution >= 4 is 0 Å². The summed E-state index contributed by atoms with van der Waals surface area (Å²) in [6.45, 7) is 1.81. The summed E-state index contributed by atoms with van der Waals surface area (Å²) >= 11 is 0. The Morgan fingerprint density at radius 1 is 1.33 bits per heavy atom. The van der Waals surface area contributed by atoms with Crippen molar-refractivity contribution in [1.29, 1.82) is 0 Å². The maximum Gasteiger partial charge on any atom is 0.227 e. The standard InChI is InChI=1S/C13H21N3O2/c1-2-6-13(5-1)7-3-11(17-13)9-14-8-4-12-15-10-16-18-12/h10-11,14H,1-9H2. The highest BCUT2D eigenvalue weighted by atomic mass is 16.5. The predicted molar refractivity (Wildman–Crippen MR) is 66.2 cm³/mol. The number of rotatable bonds is 5. The molecule has 1 saturated carbocycles. The summed E-state index contributed by atoms with van der Waals surface area (Å²) in [6, 6.07) is 0. The van der Waals surface area contributed by atoms with Crippen molar-refractivity contribution in [2.24, 2.45) is 0 Å². The van der Waals surface area contributed by atoms with Crippen LogP contribution in [-0.4, -0.2) is 34.9 Å². The van der Waals surface area contributed by atoms with E-state index in [1.807, 2.05) is 0 Å². The first-order valence-electron chi connectivity index (χ1n) is 7.00. The first-order valence-corrected chi connectivity index (χ1v) is 7.00. The van der Waals surface area contributed by atoms with Crippen LogP contribution in [0.3, 0.4) is 0 Å². The molecule has 0 aromatic carbocycles. The minimum Gasteiger partial charge on any atom is -0.370 e. The number of hydrogen-bond donors (Lipinski definition) is 1. The van der Waals surface area contributed by atoms with E-state index in [1.165, 1.54) is 44.9 Å². The third-order valence-electron chi connectivity index (χ3n) is 4.15. The van der Waals surface area contributed by atoms with E-state index in [9.17, 15) is 0 Å². The summed E-state index contributed by atoms with van der Waals surface area (Å²) in [7, 11) is 0. The second kappa shape index (κ2) is 5.36. The molecule has 1 atom stereocenters. The lowest BCUT2D eigenvalue weighted by molar-refractivity contribution is -0.0350. The van der Waals surface area contributed by atoms with E-state index in [0.29, 0.717) is 12.0 Å². The van der Waals surface area contributed by atoms with Crippen LogP contribution in [0.4, 0.5) is 0 Å². The van der Waals surface area contributed by atoms with Gasteiger partial charge in [0.2, 0.25) is 5.89 Å². The van der Waals surface area contributed by atoms with Gasteiger partial charge in [-0.1, -0.05) is 18.0 Å². The lowest BCUT2D eigenvalue weighted by Crippen LogP contribution is -2.31. The summed E-state index contributed by atoms with van der Waals surface area (Å²) in [5, 5.41) is 7.01. The number of hydrogen-bond acceptors (Lipinski definition) is 5. The summed E-state index contributed by atoms with van der Waals surface area (Å²) in [5.41, 5.74) is 0.249. The summed E-state index contributed by atoms with van der Waals surface area (Å²) in [6.07, 6.45) is 10.3. The van der Waals surface area contributed by atoms with Crippen molar-refractivity contribution in [2.75, 3.05) is 13.1 Å². The number of aromatic nitrogens is 2. The topological polar surface area (TPSA) is 60.2 Å². The third kappa shape index (κ3) is 2.72. The fourth-order valence-electron chi connectivity index (χ4n) is 3.19. The van der Waals surface area contributed by atoms with Crippen LogP contribution in [-0.2, 0) is 11.2 Å². The Bertz CT molecular complexity index is 360. The first kappa shape index (κ1) is 12.1. The molecule has 1 saturated heterocycles. The molecule has 1 N–H and O–H groups in total. The van der Waals surface area contributed by atoms with Crippen LogP contribution < -0.4 is 5.32 Å². The van der Waals surface area contributed by atoms with Crippen LogP contribution in [0.2, 0.25) is 0 Å². The van der Waals surface area contributed by atoms with Crippen molar-refractivity contribution in [3.8, 4) is 0 Å². The van der Waals surface area contributed by atoms with Gasteiger partial charge in [-0.3, -0.25) is 0 Å². The quantitative estimate of drug-likeness (QED) is 0.807. The Labute approximate surface area is 107 Å². The zero-order valence-corrected chi connectivity index (χ0v) is 10.7. The highest BCUT2D eigenvalue weighted by Gasteiger charge is 2.41. The highest BCUT2D eigenvalue weighted by molar-refractivity contribution is 4.93. The van der Waals surface area contributed by atoms with Crippen molar-refractivity contribution in [2.45, 2.75) is 56.7 Å². The SMILES string of the molecule is c1noc(CCNCC2CCC3(CCCC3)O2)n1. The van der Waals surface area contributed by atoms with Crippen molar-refractivity contribution in [3.63, 3.8) is 0 Å². The molecule has 1 aromatic rings. The molecule has 0 radical (unpaired) electrons. The van der Waals surface area contributed by atoms with Gasteiger partial charge in [-0.2, -0.15) is 4.98 Å². The fraction of sp³-hybridized carbons (Fsp3) is 0.846. The molecule has 1 spiro atoms. The maximum absolute atomic E-state index is 6.23. The predicted octanol–water partition coefficient (Wildman–Crippen LogP) is 1.69. The molecule has 1 aliphatic carbocycles. The molecule has 18 heavy (non-hydrogen) atoms. The van der Waals surface area contributed by atoms with E-state index in [1.54, 1.807) is 0 Å². The molecule has 0 amide bonds. The van der Waals surface area contributed by atoms with Crippen LogP contribution in [0.25, 0.3) is 0 Å². The lowest BCUT2D eigenvalue weighted by Gasteiger charge is -2.23. The normalized spacial score (nSPS) is 26.1. The highest BCUT2D eigenvalue weighted by Crippen LogP contribution is 2.43. The lowest BCUT2D eigenvalue weighted by atomic mass is 9.98. The van der Waals surface area contributed by atoms with Gasteiger partial charge in [-0.05, 0) is 25.7 Å². The van der Waals surface area contributed by atoms with Crippen LogP contribution in [0, 0.1) is 0 Å². The van der Waals surface area contributed by atoms with Gasteiger partial charge in [0.1, 0.15) is 0 Å². The Balaban J connectivity index is 1.34. The largest absolute Gasteiger partial charge is 0.370 e. The smallest absolute Gasteiger partial charge is 0.227 e. The summed E-state index contributed by atoms with van der Waals surface area (Å²) in [5.74, 6) is 0.696. The molecule has 5 nitrogen and oxygen atoms in total. The maximum atomic E-state index is 6.23. The van der Waals surface area contributed by atoms with Crippen LogP contribution in [0.5, 0.6) is 0 Å². The van der Waals surface area contributed by atoms with Gasteiger partial charge in [0, 0.05) is 19.5 Å². The van der Waals surface area contributed by atoms with Gasteiger partial charge in [-0.15, -0.1) is 0 Å². The van der Waals surface area contributed by atoms with Crippen LogP contribution >= 0.6 is 0 Å². The van der Waals surface area contributed by atoms with Crippen molar-refractivity contribution in [1.82, 2.24) is 15.5 Å². The van der Waals surface area contributed by atoms with Gasteiger partial charge < -0.3 is 14.6 Å². The molecule has 1 unspecified atom stereocenters. The molecule has 2 heterocycles. The van der Waals surface area contributed by atoms with E-state index >= 15 is 0 Å². The van der Waals surface area contributed by atoms with E-state index in [0.717, 1.165) is 19.5 Å². The second-order valence-electron chi connectivity index (χ2n) is 5.46. The number of nitrogens with one attached hydrogen (secondary N) is 1. The van der Waals surface area contributed by atoms with Crippen molar-refractivity contribution < 1.29 is 9.26 Å². The zero-order valence-electron chi connectivity index (χ0n) is 10.7. The average Bonchev–Trinajstić information content (AvgIpc) is 3.10. The van der Waals surface area contributed by atoms with Gasteiger partial charge in [0.05, 0.1) is 11.7 Å². The molecular weight excluding hydrogens is 230 g/mol. The fourth-order valence-corrected chi connectivity index (χ4v) is 3.19. The zero-order chi connectivity index (χ0) is 12.3. The Morgan fingerprint density at radius 3 is 3.00 bits per heavy atom. The second-order valence-corrected chi connectivity index (χ2v) is 5.46. The average molecular weight is 251 g/mol. The number of nitrogens with zero attached hydrogens (tertiary/aromatic N) is 2. The Kier molecular flexibility index (Phi) is 3.61. The monoisotopic (exact) mass is 251 g/mol. The van der Waals surface area contributed by atoms with Gasteiger partial charge >= 0.3 is 0 Å². The molecular formula is C13H21N3O2. The number of ether oxygens (including phenoxy) is 1. The molecule has 2 aliphatic rings. The van der Waals surface area contributed by atoms with Crippen LogP contribution in [0.15, 0.2) is 10.9 Å². The first-order chi connectivity index (χ1) is 8.86.